The van der Waals surface area contributed by atoms with Crippen LogP contribution in [0.2, 0.25) is 0 Å². The average Bonchev–Trinajstić information content (AvgIpc) is 3.47. The topological polar surface area (TPSA) is 110 Å². The Labute approximate surface area is 180 Å². The molecule has 154 valence electrons. The molecule has 0 saturated heterocycles. The Balaban J connectivity index is 1.62. The molecule has 0 aliphatic carbocycles. The summed E-state index contributed by atoms with van der Waals surface area (Å²) >= 11 is 1.34. The van der Waals surface area contributed by atoms with Gasteiger partial charge in [0, 0.05) is 6.07 Å². The second kappa shape index (κ2) is 7.33. The van der Waals surface area contributed by atoms with Gasteiger partial charge in [0.25, 0.3) is 11.5 Å². The monoisotopic (exact) mass is 431 g/mol. The molecule has 0 aliphatic heterocycles. The molecule has 0 fully saturated rings. The summed E-state index contributed by atoms with van der Waals surface area (Å²) < 4.78 is 3.02. The molecule has 1 aromatic carbocycles. The maximum absolute atomic E-state index is 12.7. The number of thiophene rings is 1. The van der Waals surface area contributed by atoms with Crippen LogP contribution in [0.4, 0.5) is 5.82 Å². The molecule has 0 aliphatic rings. The van der Waals surface area contributed by atoms with Crippen LogP contribution in [0.3, 0.4) is 0 Å². The van der Waals surface area contributed by atoms with Crippen molar-refractivity contribution in [3.63, 3.8) is 0 Å². The van der Waals surface area contributed by atoms with E-state index in [1.54, 1.807) is 23.7 Å². The summed E-state index contributed by atoms with van der Waals surface area (Å²) in [6, 6.07) is 13.0. The Morgan fingerprint density at radius 3 is 2.77 bits per heavy atom. The van der Waals surface area contributed by atoms with Crippen LogP contribution in [0.1, 0.15) is 20.9 Å². The average molecular weight is 431 g/mol. The highest BCUT2D eigenvalue weighted by Crippen LogP contribution is 2.19. The third kappa shape index (κ3) is 3.42. The van der Waals surface area contributed by atoms with Crippen molar-refractivity contribution in [3.8, 4) is 11.6 Å². The van der Waals surface area contributed by atoms with Crippen molar-refractivity contribution in [2.24, 2.45) is 0 Å². The predicted octanol–water partition coefficient (Wildman–Crippen LogP) is 3.23. The summed E-state index contributed by atoms with van der Waals surface area (Å²) in [4.78, 5) is 33.2. The van der Waals surface area contributed by atoms with Gasteiger partial charge in [0.05, 0.1) is 22.5 Å². The fraction of sp³-hybridized carbons (Fsp3) is 0.0952. The van der Waals surface area contributed by atoms with Crippen LogP contribution in [0.5, 0.6) is 0 Å². The minimum absolute atomic E-state index is 0.182. The van der Waals surface area contributed by atoms with Crippen LogP contribution in [0.15, 0.2) is 58.8 Å². The van der Waals surface area contributed by atoms with Gasteiger partial charge in [-0.2, -0.15) is 19.9 Å². The summed E-state index contributed by atoms with van der Waals surface area (Å²) in [6.07, 6.45) is 1.49. The van der Waals surface area contributed by atoms with Gasteiger partial charge in [-0.05, 0) is 43.0 Å². The van der Waals surface area contributed by atoms with E-state index in [0.29, 0.717) is 27.4 Å². The number of H-pyrrole nitrogens is 1. The minimum atomic E-state index is -0.345. The Bertz CT molecular complexity index is 1480. The van der Waals surface area contributed by atoms with Crippen molar-refractivity contribution in [1.29, 1.82) is 0 Å². The molecule has 4 aromatic heterocycles. The van der Waals surface area contributed by atoms with Crippen molar-refractivity contribution in [1.82, 2.24) is 29.5 Å². The van der Waals surface area contributed by atoms with E-state index in [2.05, 4.69) is 25.5 Å². The maximum Gasteiger partial charge on any atom is 0.266 e. The number of rotatable bonds is 4. The molecule has 4 heterocycles. The van der Waals surface area contributed by atoms with E-state index in [-0.39, 0.29) is 17.4 Å². The third-order valence-electron chi connectivity index (χ3n) is 4.69. The summed E-state index contributed by atoms with van der Waals surface area (Å²) in [5.74, 6) is 0.325. The number of aromatic amines is 1. The number of aromatic nitrogens is 6. The first-order valence-electron chi connectivity index (χ1n) is 9.46. The fourth-order valence-electron chi connectivity index (χ4n) is 3.29. The van der Waals surface area contributed by atoms with E-state index < -0.39 is 0 Å². The number of amides is 1. The molecule has 1 amide bonds. The molecule has 10 heteroatoms. The zero-order chi connectivity index (χ0) is 21.5. The lowest BCUT2D eigenvalue weighted by Crippen LogP contribution is -2.18. The molecule has 0 radical (unpaired) electrons. The number of nitrogens with zero attached hydrogens (tertiary/aromatic N) is 5. The molecule has 0 saturated carbocycles. The molecule has 2 N–H and O–H groups in total. The SMILES string of the molecule is Cc1cccc(-n2ncc3c(=O)[nH]c(-n4nc(C)cc4NC(=O)c4cccs4)nc32)c1. The van der Waals surface area contributed by atoms with E-state index in [1.807, 2.05) is 42.6 Å². The molecule has 0 atom stereocenters. The fourth-order valence-corrected chi connectivity index (χ4v) is 3.91. The van der Waals surface area contributed by atoms with Crippen LogP contribution in [0.25, 0.3) is 22.7 Å². The minimum Gasteiger partial charge on any atom is -0.306 e. The van der Waals surface area contributed by atoms with Crippen molar-refractivity contribution < 1.29 is 4.79 Å². The summed E-state index contributed by atoms with van der Waals surface area (Å²) in [7, 11) is 0. The molecule has 5 rings (SSSR count). The smallest absolute Gasteiger partial charge is 0.266 e. The van der Waals surface area contributed by atoms with Gasteiger partial charge >= 0.3 is 0 Å². The summed E-state index contributed by atoms with van der Waals surface area (Å²) in [5, 5.41) is 13.8. The molecule has 0 unspecified atom stereocenters. The van der Waals surface area contributed by atoms with Crippen molar-refractivity contribution in [3.05, 3.63) is 80.5 Å². The van der Waals surface area contributed by atoms with Gasteiger partial charge in [0.1, 0.15) is 11.2 Å². The molecule has 9 nitrogen and oxygen atoms in total. The van der Waals surface area contributed by atoms with Crippen LogP contribution >= 0.6 is 11.3 Å². The van der Waals surface area contributed by atoms with Gasteiger partial charge in [-0.25, -0.2) is 4.68 Å². The van der Waals surface area contributed by atoms with Gasteiger partial charge < -0.3 is 5.32 Å². The lowest BCUT2D eigenvalue weighted by Gasteiger charge is -2.08. The molecule has 5 aromatic rings. The predicted molar refractivity (Wildman–Crippen MR) is 118 cm³/mol. The highest BCUT2D eigenvalue weighted by Gasteiger charge is 2.17. The Morgan fingerprint density at radius 1 is 1.13 bits per heavy atom. The van der Waals surface area contributed by atoms with Crippen molar-refractivity contribution >= 4 is 34.1 Å². The standard InChI is InChI=1S/C21H17N7O2S/c1-12-5-3-6-14(9-12)27-18-15(11-22-27)19(29)25-21(24-18)28-17(10-13(2)26-28)23-20(30)16-7-4-8-31-16/h3-11H,1-2H3,(H,23,30)(H,24,25,29). The van der Waals surface area contributed by atoms with E-state index in [0.717, 1.165) is 11.3 Å². The first-order valence-corrected chi connectivity index (χ1v) is 10.3. The lowest BCUT2D eigenvalue weighted by atomic mass is 10.2. The van der Waals surface area contributed by atoms with E-state index in [4.69, 9.17) is 0 Å². The molecule has 0 bridgehead atoms. The van der Waals surface area contributed by atoms with Crippen molar-refractivity contribution in [2.75, 3.05) is 5.32 Å². The lowest BCUT2D eigenvalue weighted by molar-refractivity contribution is 0.103. The number of benzene rings is 1. The zero-order valence-electron chi connectivity index (χ0n) is 16.7. The highest BCUT2D eigenvalue weighted by atomic mass is 32.1. The van der Waals surface area contributed by atoms with E-state index >= 15 is 0 Å². The highest BCUT2D eigenvalue weighted by molar-refractivity contribution is 7.12. The number of carbonyl (C=O) groups excluding carboxylic acids is 1. The molecular weight excluding hydrogens is 414 g/mol. The number of hydrogen-bond donors (Lipinski definition) is 2. The Hall–Kier alpha value is -4.05. The van der Waals surface area contributed by atoms with Crippen LogP contribution < -0.4 is 10.9 Å². The van der Waals surface area contributed by atoms with E-state index in [9.17, 15) is 9.59 Å². The summed E-state index contributed by atoms with van der Waals surface area (Å²) in [6.45, 7) is 3.78. The number of aryl methyl sites for hydroxylation is 2. The molecular formula is C21H17N7O2S. The van der Waals surface area contributed by atoms with Gasteiger partial charge in [0.15, 0.2) is 5.65 Å². The van der Waals surface area contributed by atoms with Gasteiger partial charge in [-0.3, -0.25) is 14.6 Å². The second-order valence-corrected chi connectivity index (χ2v) is 7.98. The summed E-state index contributed by atoms with van der Waals surface area (Å²) in [5.41, 5.74) is 2.57. The quantitative estimate of drug-likeness (QED) is 0.454. The number of anilines is 1. The van der Waals surface area contributed by atoms with Gasteiger partial charge in [-0.1, -0.05) is 18.2 Å². The maximum atomic E-state index is 12.7. The first kappa shape index (κ1) is 18.9. The van der Waals surface area contributed by atoms with Crippen LogP contribution in [-0.4, -0.2) is 35.4 Å². The Morgan fingerprint density at radius 2 is 2.00 bits per heavy atom. The molecule has 31 heavy (non-hydrogen) atoms. The largest absolute Gasteiger partial charge is 0.306 e. The third-order valence-corrected chi connectivity index (χ3v) is 5.56. The Kier molecular flexibility index (Phi) is 4.48. The second-order valence-electron chi connectivity index (χ2n) is 7.04. The van der Waals surface area contributed by atoms with Gasteiger partial charge in [0.2, 0.25) is 5.95 Å². The first-order chi connectivity index (χ1) is 15.0. The normalized spacial score (nSPS) is 11.2. The van der Waals surface area contributed by atoms with Crippen LogP contribution in [-0.2, 0) is 0 Å². The van der Waals surface area contributed by atoms with E-state index in [1.165, 1.54) is 22.2 Å². The number of nitrogens with one attached hydrogen (secondary N) is 2. The number of hydrogen-bond acceptors (Lipinski definition) is 6. The van der Waals surface area contributed by atoms with Crippen molar-refractivity contribution in [2.45, 2.75) is 13.8 Å². The molecule has 0 spiro atoms. The number of fused-ring (bicyclic) bond motifs is 1. The zero-order valence-corrected chi connectivity index (χ0v) is 17.5. The number of carbonyl (C=O) groups is 1. The van der Waals surface area contributed by atoms with Crippen LogP contribution in [0, 0.1) is 13.8 Å². The van der Waals surface area contributed by atoms with Gasteiger partial charge in [-0.15, -0.1) is 11.3 Å².